The number of anilines is 2. The lowest BCUT2D eigenvalue weighted by Crippen LogP contribution is -2.11. The molecule has 1 aromatic carbocycles. The van der Waals surface area contributed by atoms with E-state index in [4.69, 9.17) is 5.21 Å². The fourth-order valence-electron chi connectivity index (χ4n) is 0.842. The highest BCUT2D eigenvalue weighted by atomic mass is 16.5. The van der Waals surface area contributed by atoms with E-state index in [1.807, 2.05) is 0 Å². The van der Waals surface area contributed by atoms with Crippen LogP contribution in [0.25, 0.3) is 0 Å². The van der Waals surface area contributed by atoms with Gasteiger partial charge in [0, 0.05) is 12.7 Å². The van der Waals surface area contributed by atoms with E-state index in [9.17, 15) is 5.21 Å². The number of nitrogens with zero attached hydrogens (tertiary/aromatic N) is 1. The van der Waals surface area contributed by atoms with Crippen LogP contribution >= 0.6 is 0 Å². The summed E-state index contributed by atoms with van der Waals surface area (Å²) in [5.74, 6) is 0. The summed E-state index contributed by atoms with van der Waals surface area (Å²) in [6.07, 6.45) is 0. The molecular weight excluding hydrogens is 144 g/mol. The van der Waals surface area contributed by atoms with E-state index in [2.05, 4.69) is 0 Å². The SMILES string of the molecule is CN(O)c1ccccc1N[O-]. The Hall–Kier alpha value is -1.26. The van der Waals surface area contributed by atoms with Gasteiger partial charge in [0.1, 0.15) is 0 Å². The monoisotopic (exact) mass is 153 g/mol. The van der Waals surface area contributed by atoms with E-state index in [0.717, 1.165) is 5.06 Å². The highest BCUT2D eigenvalue weighted by molar-refractivity contribution is 5.68. The van der Waals surface area contributed by atoms with E-state index in [0.29, 0.717) is 11.4 Å². The molecule has 60 valence electrons. The van der Waals surface area contributed by atoms with Crippen molar-refractivity contribution in [3.05, 3.63) is 29.5 Å². The fraction of sp³-hybridized carbons (Fsp3) is 0.143. The smallest absolute Gasteiger partial charge is 0.0854 e. The van der Waals surface area contributed by atoms with Gasteiger partial charge in [-0.1, -0.05) is 12.1 Å². The maximum Gasteiger partial charge on any atom is 0.0854 e. The third-order valence-electron chi connectivity index (χ3n) is 1.36. The van der Waals surface area contributed by atoms with E-state index in [-0.39, 0.29) is 0 Å². The molecule has 1 aromatic rings. The Balaban J connectivity index is 3.02. The molecule has 2 N–H and O–H groups in total. The third-order valence-corrected chi connectivity index (χ3v) is 1.36. The number of hydroxylamine groups is 1. The minimum absolute atomic E-state index is 0.359. The molecule has 11 heavy (non-hydrogen) atoms. The number of rotatable bonds is 2. The van der Waals surface area contributed by atoms with Crippen molar-refractivity contribution in [2.45, 2.75) is 0 Å². The number of para-hydroxylation sites is 2. The van der Waals surface area contributed by atoms with Gasteiger partial charge in [0.25, 0.3) is 0 Å². The Kier molecular flexibility index (Phi) is 2.30. The van der Waals surface area contributed by atoms with E-state index in [1.165, 1.54) is 7.05 Å². The summed E-state index contributed by atoms with van der Waals surface area (Å²) in [6, 6.07) is 6.69. The molecule has 0 atom stereocenters. The molecule has 0 aliphatic carbocycles. The van der Waals surface area contributed by atoms with Crippen molar-refractivity contribution >= 4 is 11.4 Å². The van der Waals surface area contributed by atoms with Gasteiger partial charge in [-0.05, 0) is 12.1 Å². The standard InChI is InChI=1S/C7H9N2O2/c1-9(11)7-5-3-2-4-6(7)8-10/h2-5,8,11H,1H3/q-1. The number of benzene rings is 1. The van der Waals surface area contributed by atoms with Crippen molar-refractivity contribution in [1.82, 2.24) is 0 Å². The number of hydrogen-bond acceptors (Lipinski definition) is 4. The molecule has 1 rings (SSSR count). The van der Waals surface area contributed by atoms with Gasteiger partial charge >= 0.3 is 0 Å². The molecular formula is C7H9N2O2-. The van der Waals surface area contributed by atoms with Crippen molar-refractivity contribution in [3.8, 4) is 0 Å². The summed E-state index contributed by atoms with van der Waals surface area (Å²) in [7, 11) is 1.45. The lowest BCUT2D eigenvalue weighted by molar-refractivity contribution is 0.280. The molecule has 0 radical (unpaired) electrons. The quantitative estimate of drug-likeness (QED) is 0.631. The molecule has 0 bridgehead atoms. The van der Waals surface area contributed by atoms with Gasteiger partial charge in [0.05, 0.1) is 5.69 Å². The molecule has 0 aliphatic heterocycles. The second-order valence-electron chi connectivity index (χ2n) is 2.14. The lowest BCUT2D eigenvalue weighted by atomic mass is 10.3. The largest absolute Gasteiger partial charge is 0.761 e. The van der Waals surface area contributed by atoms with Gasteiger partial charge in [-0.2, -0.15) is 0 Å². The van der Waals surface area contributed by atoms with Crippen LogP contribution in [-0.4, -0.2) is 12.3 Å². The van der Waals surface area contributed by atoms with Gasteiger partial charge < -0.3 is 10.7 Å². The molecule has 0 fully saturated rings. The lowest BCUT2D eigenvalue weighted by Gasteiger charge is -2.18. The Morgan fingerprint density at radius 3 is 2.55 bits per heavy atom. The summed E-state index contributed by atoms with van der Waals surface area (Å²) in [6.45, 7) is 0. The Morgan fingerprint density at radius 1 is 1.45 bits per heavy atom. The Morgan fingerprint density at radius 2 is 2.09 bits per heavy atom. The Bertz CT molecular complexity index is 238. The fourth-order valence-corrected chi connectivity index (χ4v) is 0.842. The van der Waals surface area contributed by atoms with E-state index >= 15 is 0 Å². The first-order chi connectivity index (χ1) is 5.25. The molecule has 0 saturated heterocycles. The van der Waals surface area contributed by atoms with Crippen LogP contribution in [0.2, 0.25) is 0 Å². The second kappa shape index (κ2) is 3.23. The molecule has 0 saturated carbocycles. The van der Waals surface area contributed by atoms with E-state index < -0.39 is 0 Å². The summed E-state index contributed by atoms with van der Waals surface area (Å²) >= 11 is 0. The van der Waals surface area contributed by atoms with Crippen LogP contribution in [-0.2, 0) is 0 Å². The van der Waals surface area contributed by atoms with Crippen molar-refractivity contribution in [3.63, 3.8) is 0 Å². The molecule has 4 nitrogen and oxygen atoms in total. The van der Waals surface area contributed by atoms with Gasteiger partial charge in [0.2, 0.25) is 0 Å². The zero-order valence-electron chi connectivity index (χ0n) is 6.11. The molecule has 0 spiro atoms. The van der Waals surface area contributed by atoms with Crippen molar-refractivity contribution < 1.29 is 5.21 Å². The first-order valence-corrected chi connectivity index (χ1v) is 3.15. The zero-order chi connectivity index (χ0) is 8.27. The normalized spacial score (nSPS) is 9.36. The first-order valence-electron chi connectivity index (χ1n) is 3.15. The molecule has 0 aromatic heterocycles. The zero-order valence-corrected chi connectivity index (χ0v) is 6.11. The van der Waals surface area contributed by atoms with Gasteiger partial charge in [-0.15, -0.1) is 0 Å². The average Bonchev–Trinajstić information content (AvgIpc) is 2.04. The maximum absolute atomic E-state index is 10.3. The van der Waals surface area contributed by atoms with Gasteiger partial charge in [-0.3, -0.25) is 10.3 Å². The van der Waals surface area contributed by atoms with Gasteiger partial charge in [-0.25, -0.2) is 0 Å². The van der Waals surface area contributed by atoms with Crippen LogP contribution in [0.15, 0.2) is 24.3 Å². The number of hydrogen-bond donors (Lipinski definition) is 2. The summed E-state index contributed by atoms with van der Waals surface area (Å²) in [4.78, 5) is 0. The van der Waals surface area contributed by atoms with Crippen LogP contribution in [0, 0.1) is 5.21 Å². The number of nitrogens with one attached hydrogen (secondary N) is 1. The second-order valence-corrected chi connectivity index (χ2v) is 2.14. The highest BCUT2D eigenvalue weighted by Crippen LogP contribution is 2.22. The molecule has 0 amide bonds. The first kappa shape index (κ1) is 7.84. The minimum atomic E-state index is 0.359. The summed E-state index contributed by atoms with van der Waals surface area (Å²) in [5.41, 5.74) is 2.54. The average molecular weight is 153 g/mol. The summed E-state index contributed by atoms with van der Waals surface area (Å²) < 4.78 is 0. The molecule has 0 aliphatic rings. The van der Waals surface area contributed by atoms with Crippen LogP contribution in [0.5, 0.6) is 0 Å². The van der Waals surface area contributed by atoms with Gasteiger partial charge in [0.15, 0.2) is 0 Å². The van der Waals surface area contributed by atoms with Crippen LogP contribution in [0.3, 0.4) is 0 Å². The predicted molar refractivity (Wildman–Crippen MR) is 43.6 cm³/mol. The highest BCUT2D eigenvalue weighted by Gasteiger charge is 1.99. The summed E-state index contributed by atoms with van der Waals surface area (Å²) in [5, 5.41) is 20.1. The van der Waals surface area contributed by atoms with Crippen LogP contribution in [0.4, 0.5) is 11.4 Å². The molecule has 0 heterocycles. The van der Waals surface area contributed by atoms with Crippen LogP contribution in [0.1, 0.15) is 0 Å². The van der Waals surface area contributed by atoms with Crippen molar-refractivity contribution in [2.24, 2.45) is 0 Å². The molecule has 0 unspecified atom stereocenters. The van der Waals surface area contributed by atoms with Crippen molar-refractivity contribution in [1.29, 1.82) is 0 Å². The minimum Gasteiger partial charge on any atom is -0.761 e. The maximum atomic E-state index is 10.3. The van der Waals surface area contributed by atoms with Crippen LogP contribution < -0.4 is 10.5 Å². The predicted octanol–water partition coefficient (Wildman–Crippen LogP) is 1.42. The van der Waals surface area contributed by atoms with Crippen molar-refractivity contribution in [2.75, 3.05) is 17.6 Å². The third kappa shape index (κ3) is 1.60. The molecule has 4 heteroatoms. The topological polar surface area (TPSA) is 58.6 Å². The Labute approximate surface area is 64.6 Å². The van der Waals surface area contributed by atoms with E-state index in [1.54, 1.807) is 29.7 Å².